The fourth-order valence-electron chi connectivity index (χ4n) is 3.08. The van der Waals surface area contributed by atoms with Crippen LogP contribution in [0, 0.1) is 6.92 Å². The van der Waals surface area contributed by atoms with E-state index >= 15 is 0 Å². The second kappa shape index (κ2) is 9.19. The van der Waals surface area contributed by atoms with Crippen LogP contribution in [0.4, 0.5) is 0 Å². The van der Waals surface area contributed by atoms with Crippen LogP contribution >= 0.6 is 0 Å². The molecule has 1 aromatic heterocycles. The summed E-state index contributed by atoms with van der Waals surface area (Å²) in [5.74, 6) is -0.282. The van der Waals surface area contributed by atoms with Gasteiger partial charge in [0.1, 0.15) is 5.56 Å². The Morgan fingerprint density at radius 1 is 1.10 bits per heavy atom. The lowest BCUT2D eigenvalue weighted by molar-refractivity contribution is 0.0525. The quantitative estimate of drug-likeness (QED) is 0.620. The van der Waals surface area contributed by atoms with E-state index in [2.05, 4.69) is 29.5 Å². The number of nitrogens with one attached hydrogen (secondary N) is 1. The molecule has 3 rings (SSSR count). The van der Waals surface area contributed by atoms with E-state index in [-0.39, 0.29) is 17.8 Å². The van der Waals surface area contributed by atoms with Crippen LogP contribution in [-0.2, 0) is 4.74 Å². The zero-order chi connectivity index (χ0) is 20.8. The Bertz CT molecular complexity index is 978. The molecular weight excluding hydrogens is 366 g/mol. The molecular formula is C23H25N3O3. The van der Waals surface area contributed by atoms with Gasteiger partial charge < -0.3 is 10.1 Å². The fraction of sp³-hybridized carbons (Fsp3) is 0.261. The number of amides is 1. The molecule has 150 valence electrons. The van der Waals surface area contributed by atoms with E-state index in [0.29, 0.717) is 30.0 Å². The van der Waals surface area contributed by atoms with Gasteiger partial charge in [-0.25, -0.2) is 9.48 Å². The Kier molecular flexibility index (Phi) is 6.44. The number of hydrogen-bond donors (Lipinski definition) is 1. The SMILES string of the molecule is CCOC(=O)c1cnn(-c2ccc(C(=O)NC[C@H](C)c3ccccc3)cc2)c1C. The molecule has 0 aliphatic heterocycles. The molecule has 0 spiro atoms. The molecule has 0 fully saturated rings. The Labute approximate surface area is 170 Å². The normalized spacial score (nSPS) is 11.7. The largest absolute Gasteiger partial charge is 0.462 e. The van der Waals surface area contributed by atoms with Crippen molar-refractivity contribution in [2.75, 3.05) is 13.2 Å². The highest BCUT2D eigenvalue weighted by atomic mass is 16.5. The molecule has 2 aromatic carbocycles. The third-order valence-electron chi connectivity index (χ3n) is 4.82. The maximum absolute atomic E-state index is 12.5. The smallest absolute Gasteiger partial charge is 0.341 e. The van der Waals surface area contributed by atoms with Gasteiger partial charge in [-0.3, -0.25) is 4.79 Å². The first-order valence-electron chi connectivity index (χ1n) is 9.66. The van der Waals surface area contributed by atoms with Crippen LogP contribution in [0.1, 0.15) is 51.7 Å². The van der Waals surface area contributed by atoms with Gasteiger partial charge in [0.05, 0.1) is 24.2 Å². The molecule has 29 heavy (non-hydrogen) atoms. The van der Waals surface area contributed by atoms with Crippen molar-refractivity contribution in [3.05, 3.63) is 83.2 Å². The van der Waals surface area contributed by atoms with Crippen molar-refractivity contribution in [3.8, 4) is 5.69 Å². The third kappa shape index (κ3) is 4.71. The average Bonchev–Trinajstić information content (AvgIpc) is 3.14. The Hall–Kier alpha value is -3.41. The van der Waals surface area contributed by atoms with Crippen molar-refractivity contribution < 1.29 is 14.3 Å². The van der Waals surface area contributed by atoms with E-state index in [9.17, 15) is 9.59 Å². The summed E-state index contributed by atoms with van der Waals surface area (Å²) in [6, 6.07) is 17.2. The summed E-state index contributed by atoms with van der Waals surface area (Å²) in [6.07, 6.45) is 1.50. The van der Waals surface area contributed by atoms with Crippen LogP contribution < -0.4 is 5.32 Å². The summed E-state index contributed by atoms with van der Waals surface area (Å²) in [4.78, 5) is 24.4. The number of carbonyl (C=O) groups excluding carboxylic acids is 2. The second-order valence-electron chi connectivity index (χ2n) is 6.84. The number of ether oxygens (including phenoxy) is 1. The first-order chi connectivity index (χ1) is 14.0. The number of benzene rings is 2. The fourth-order valence-corrected chi connectivity index (χ4v) is 3.08. The van der Waals surface area contributed by atoms with E-state index in [4.69, 9.17) is 4.74 Å². The highest BCUT2D eigenvalue weighted by molar-refractivity contribution is 5.94. The van der Waals surface area contributed by atoms with E-state index in [1.165, 1.54) is 11.8 Å². The van der Waals surface area contributed by atoms with Crippen LogP contribution in [0.15, 0.2) is 60.8 Å². The zero-order valence-electron chi connectivity index (χ0n) is 16.9. The van der Waals surface area contributed by atoms with Crippen LogP contribution in [0.5, 0.6) is 0 Å². The molecule has 1 heterocycles. The van der Waals surface area contributed by atoms with Crippen LogP contribution in [0.2, 0.25) is 0 Å². The lowest BCUT2D eigenvalue weighted by Crippen LogP contribution is -2.27. The van der Waals surface area contributed by atoms with Gasteiger partial charge in [0.2, 0.25) is 0 Å². The molecule has 1 amide bonds. The molecule has 0 unspecified atom stereocenters. The van der Waals surface area contributed by atoms with Gasteiger partial charge in [0.15, 0.2) is 0 Å². The summed E-state index contributed by atoms with van der Waals surface area (Å²) in [5, 5.41) is 7.25. The lowest BCUT2D eigenvalue weighted by atomic mass is 10.0. The van der Waals surface area contributed by atoms with E-state index in [1.807, 2.05) is 37.3 Å². The third-order valence-corrected chi connectivity index (χ3v) is 4.82. The van der Waals surface area contributed by atoms with Crippen molar-refractivity contribution >= 4 is 11.9 Å². The van der Waals surface area contributed by atoms with Crippen LogP contribution in [0.3, 0.4) is 0 Å². The van der Waals surface area contributed by atoms with Gasteiger partial charge in [0.25, 0.3) is 5.91 Å². The molecule has 6 nitrogen and oxygen atoms in total. The predicted molar refractivity (Wildman–Crippen MR) is 111 cm³/mol. The summed E-state index contributed by atoms with van der Waals surface area (Å²) in [6.45, 7) is 6.54. The van der Waals surface area contributed by atoms with Crippen LogP contribution in [0.25, 0.3) is 5.69 Å². The molecule has 0 aliphatic carbocycles. The maximum Gasteiger partial charge on any atom is 0.341 e. The minimum atomic E-state index is -0.389. The summed E-state index contributed by atoms with van der Waals surface area (Å²) in [5.41, 5.74) is 3.66. The second-order valence-corrected chi connectivity index (χ2v) is 6.84. The van der Waals surface area contributed by atoms with Crippen molar-refractivity contribution in [2.24, 2.45) is 0 Å². The highest BCUT2D eigenvalue weighted by Gasteiger charge is 2.16. The van der Waals surface area contributed by atoms with Gasteiger partial charge in [-0.1, -0.05) is 37.3 Å². The van der Waals surface area contributed by atoms with Crippen molar-refractivity contribution in [1.82, 2.24) is 15.1 Å². The molecule has 0 aliphatic rings. The standard InChI is InChI=1S/C23H25N3O3/c1-4-29-23(28)21-15-25-26(17(21)3)20-12-10-19(11-13-20)22(27)24-14-16(2)18-8-6-5-7-9-18/h5-13,15-16H,4,14H2,1-3H3,(H,24,27)/t16-/m0/s1. The molecule has 0 radical (unpaired) electrons. The Balaban J connectivity index is 1.66. The minimum absolute atomic E-state index is 0.122. The zero-order valence-corrected chi connectivity index (χ0v) is 16.9. The Morgan fingerprint density at radius 2 is 1.79 bits per heavy atom. The summed E-state index contributed by atoms with van der Waals surface area (Å²) < 4.78 is 6.70. The van der Waals surface area contributed by atoms with Gasteiger partial charge in [-0.15, -0.1) is 0 Å². The summed E-state index contributed by atoms with van der Waals surface area (Å²) >= 11 is 0. The topological polar surface area (TPSA) is 73.2 Å². The number of nitrogens with zero attached hydrogens (tertiary/aromatic N) is 2. The van der Waals surface area contributed by atoms with Crippen LogP contribution in [-0.4, -0.2) is 34.8 Å². The Morgan fingerprint density at radius 3 is 2.45 bits per heavy atom. The van der Waals surface area contributed by atoms with Crippen molar-refractivity contribution in [2.45, 2.75) is 26.7 Å². The molecule has 0 bridgehead atoms. The number of aromatic nitrogens is 2. The first kappa shape index (κ1) is 20.3. The maximum atomic E-state index is 12.5. The van der Waals surface area contributed by atoms with Crippen molar-refractivity contribution in [3.63, 3.8) is 0 Å². The number of esters is 1. The van der Waals surface area contributed by atoms with Gasteiger partial charge in [-0.2, -0.15) is 5.10 Å². The monoisotopic (exact) mass is 391 g/mol. The van der Waals surface area contributed by atoms with E-state index in [0.717, 1.165) is 5.69 Å². The average molecular weight is 391 g/mol. The van der Waals surface area contributed by atoms with E-state index < -0.39 is 0 Å². The van der Waals surface area contributed by atoms with Crippen molar-refractivity contribution in [1.29, 1.82) is 0 Å². The molecule has 0 saturated carbocycles. The highest BCUT2D eigenvalue weighted by Crippen LogP contribution is 2.17. The predicted octanol–water partition coefficient (Wildman–Crippen LogP) is 3.89. The van der Waals surface area contributed by atoms with Gasteiger partial charge in [0, 0.05) is 12.1 Å². The summed E-state index contributed by atoms with van der Waals surface area (Å²) in [7, 11) is 0. The molecule has 1 atom stereocenters. The van der Waals surface area contributed by atoms with Gasteiger partial charge in [-0.05, 0) is 49.6 Å². The lowest BCUT2D eigenvalue weighted by Gasteiger charge is -2.13. The number of carbonyl (C=O) groups is 2. The molecule has 1 N–H and O–H groups in total. The first-order valence-corrected chi connectivity index (χ1v) is 9.66. The molecule has 3 aromatic rings. The number of hydrogen-bond acceptors (Lipinski definition) is 4. The van der Waals surface area contributed by atoms with E-state index in [1.54, 1.807) is 23.7 Å². The molecule has 6 heteroatoms. The number of rotatable bonds is 7. The minimum Gasteiger partial charge on any atom is -0.462 e. The molecule has 0 saturated heterocycles. The van der Waals surface area contributed by atoms with Gasteiger partial charge >= 0.3 is 5.97 Å².